The summed E-state index contributed by atoms with van der Waals surface area (Å²) in [6.45, 7) is 0. The van der Waals surface area contributed by atoms with Gasteiger partial charge in [-0.2, -0.15) is 0 Å². The van der Waals surface area contributed by atoms with Gasteiger partial charge in [0.05, 0.1) is 16.4 Å². The quantitative estimate of drug-likeness (QED) is 0.243. The Kier molecular flexibility index (Phi) is 7.04. The van der Waals surface area contributed by atoms with E-state index < -0.39 is 4.92 Å². The zero-order valence-electron chi connectivity index (χ0n) is 15.0. The summed E-state index contributed by atoms with van der Waals surface area (Å²) in [5.41, 5.74) is 0.554. The number of rotatable bonds is 8. The van der Waals surface area contributed by atoms with Crippen LogP contribution in [-0.2, 0) is 10.5 Å². The Morgan fingerprint density at radius 3 is 2.66 bits per heavy atom. The summed E-state index contributed by atoms with van der Waals surface area (Å²) >= 11 is 2.65. The molecule has 0 saturated heterocycles. The van der Waals surface area contributed by atoms with Crippen LogP contribution in [0.1, 0.15) is 5.69 Å². The van der Waals surface area contributed by atoms with Gasteiger partial charge in [-0.25, -0.2) is 4.98 Å². The Labute approximate surface area is 174 Å². The van der Waals surface area contributed by atoms with Crippen LogP contribution in [0.25, 0.3) is 0 Å². The maximum absolute atomic E-state index is 12.1. The van der Waals surface area contributed by atoms with Crippen molar-refractivity contribution in [3.63, 3.8) is 0 Å². The summed E-state index contributed by atoms with van der Waals surface area (Å²) in [6, 6.07) is 16.9. The van der Waals surface area contributed by atoms with Crippen molar-refractivity contribution in [2.45, 2.75) is 15.8 Å². The first-order valence-electron chi connectivity index (χ1n) is 8.45. The minimum Gasteiger partial charge on any atom is -0.325 e. The van der Waals surface area contributed by atoms with E-state index in [-0.39, 0.29) is 22.9 Å². The van der Waals surface area contributed by atoms with Crippen LogP contribution in [0.15, 0.2) is 75.5 Å². The molecule has 0 spiro atoms. The highest BCUT2D eigenvalue weighted by Crippen LogP contribution is 2.22. The van der Waals surface area contributed by atoms with Crippen LogP contribution >= 0.6 is 23.5 Å². The van der Waals surface area contributed by atoms with Crippen molar-refractivity contribution in [3.05, 3.63) is 86.8 Å². The third-order valence-corrected chi connectivity index (χ3v) is 5.50. The normalized spacial score (nSPS) is 10.5. The number of nitrogens with one attached hydrogen (secondary N) is 2. The van der Waals surface area contributed by atoms with Gasteiger partial charge in [-0.1, -0.05) is 36.0 Å². The predicted molar refractivity (Wildman–Crippen MR) is 113 cm³/mol. The number of non-ortho nitro benzene ring substituents is 1. The molecule has 1 amide bonds. The fourth-order valence-corrected chi connectivity index (χ4v) is 3.83. The van der Waals surface area contributed by atoms with Crippen LogP contribution in [0.3, 0.4) is 0 Å². The van der Waals surface area contributed by atoms with Gasteiger partial charge < -0.3 is 10.3 Å². The number of aromatic amines is 1. The smallest absolute Gasteiger partial charge is 0.271 e. The molecule has 148 valence electrons. The summed E-state index contributed by atoms with van der Waals surface area (Å²) in [6.07, 6.45) is 0. The van der Waals surface area contributed by atoms with Crippen LogP contribution in [0.4, 0.5) is 11.4 Å². The Balaban J connectivity index is 1.58. The monoisotopic (exact) mass is 428 g/mol. The van der Waals surface area contributed by atoms with Gasteiger partial charge in [0.2, 0.25) is 5.91 Å². The summed E-state index contributed by atoms with van der Waals surface area (Å²) in [7, 11) is 0. The molecule has 3 aromatic rings. The van der Waals surface area contributed by atoms with E-state index in [0.29, 0.717) is 22.3 Å². The fraction of sp³-hybridized carbons (Fsp3) is 0.105. The van der Waals surface area contributed by atoms with Crippen LogP contribution in [0, 0.1) is 10.1 Å². The minimum absolute atomic E-state index is 0.000906. The first kappa shape index (κ1) is 20.6. The standard InChI is InChI=1S/C19H16N4O4S2/c24-17-10-14(11-28-16-7-2-1-3-8-16)21-19(22-17)29-12-18(25)20-13-5-4-6-15(9-13)23(26)27/h1-10H,11-12H2,(H,20,25)(H,21,22,24). The van der Waals surface area contributed by atoms with Crippen molar-refractivity contribution in [3.8, 4) is 0 Å². The fourth-order valence-electron chi connectivity index (χ4n) is 2.33. The van der Waals surface area contributed by atoms with Crippen LogP contribution in [0.2, 0.25) is 0 Å². The lowest BCUT2D eigenvalue weighted by Crippen LogP contribution is -2.15. The topological polar surface area (TPSA) is 118 Å². The molecular formula is C19H16N4O4S2. The molecule has 1 aromatic heterocycles. The maximum Gasteiger partial charge on any atom is 0.271 e. The molecule has 2 aromatic carbocycles. The maximum atomic E-state index is 12.1. The van der Waals surface area contributed by atoms with E-state index in [1.807, 2.05) is 30.3 Å². The second-order valence-electron chi connectivity index (χ2n) is 5.79. The number of nitro benzene ring substituents is 1. The third kappa shape index (κ3) is 6.47. The van der Waals surface area contributed by atoms with Crippen LogP contribution in [-0.4, -0.2) is 26.6 Å². The number of benzene rings is 2. The average Bonchev–Trinajstić information content (AvgIpc) is 2.71. The molecule has 0 bridgehead atoms. The van der Waals surface area contributed by atoms with Crippen LogP contribution in [0.5, 0.6) is 0 Å². The second-order valence-corrected chi connectivity index (χ2v) is 7.80. The molecule has 8 nitrogen and oxygen atoms in total. The highest BCUT2D eigenvalue weighted by Gasteiger charge is 2.10. The highest BCUT2D eigenvalue weighted by molar-refractivity contribution is 7.99. The van der Waals surface area contributed by atoms with Gasteiger partial charge >= 0.3 is 0 Å². The van der Waals surface area contributed by atoms with E-state index in [1.165, 1.54) is 24.3 Å². The second kappa shape index (κ2) is 9.89. The Morgan fingerprint density at radius 2 is 1.90 bits per heavy atom. The number of anilines is 1. The molecule has 3 rings (SSSR count). The Hall–Kier alpha value is -3.11. The third-order valence-electron chi connectivity index (χ3n) is 3.58. The lowest BCUT2D eigenvalue weighted by atomic mass is 10.3. The van der Waals surface area contributed by atoms with Gasteiger partial charge in [-0.15, -0.1) is 11.8 Å². The van der Waals surface area contributed by atoms with E-state index in [9.17, 15) is 19.7 Å². The van der Waals surface area contributed by atoms with Gasteiger partial charge in [0, 0.05) is 34.5 Å². The van der Waals surface area contributed by atoms with Gasteiger partial charge in [0.15, 0.2) is 5.16 Å². The van der Waals surface area contributed by atoms with E-state index in [2.05, 4.69) is 15.3 Å². The summed E-state index contributed by atoms with van der Waals surface area (Å²) in [4.78, 5) is 42.3. The molecule has 0 saturated carbocycles. The van der Waals surface area contributed by atoms with Crippen molar-refractivity contribution < 1.29 is 9.72 Å². The molecule has 0 radical (unpaired) electrons. The molecule has 1 heterocycles. The zero-order valence-corrected chi connectivity index (χ0v) is 16.7. The van der Waals surface area contributed by atoms with Gasteiger partial charge in [0.1, 0.15) is 0 Å². The molecule has 0 unspecified atom stereocenters. The molecule has 10 heteroatoms. The minimum atomic E-state index is -0.530. The molecule has 0 aliphatic rings. The number of H-pyrrole nitrogens is 1. The van der Waals surface area contributed by atoms with E-state index in [0.717, 1.165) is 16.7 Å². The lowest BCUT2D eigenvalue weighted by molar-refractivity contribution is -0.384. The number of amides is 1. The van der Waals surface area contributed by atoms with Crippen molar-refractivity contribution in [2.75, 3.05) is 11.1 Å². The molecule has 0 atom stereocenters. The Morgan fingerprint density at radius 1 is 1.10 bits per heavy atom. The van der Waals surface area contributed by atoms with Crippen molar-refractivity contribution in [1.82, 2.24) is 9.97 Å². The number of aromatic nitrogens is 2. The highest BCUT2D eigenvalue weighted by atomic mass is 32.2. The van der Waals surface area contributed by atoms with Gasteiger partial charge in [-0.3, -0.25) is 19.7 Å². The van der Waals surface area contributed by atoms with E-state index in [1.54, 1.807) is 17.8 Å². The molecule has 0 fully saturated rings. The first-order valence-corrected chi connectivity index (χ1v) is 10.4. The molecular weight excluding hydrogens is 412 g/mol. The van der Waals surface area contributed by atoms with Gasteiger partial charge in [0.25, 0.3) is 11.2 Å². The number of thioether (sulfide) groups is 2. The number of carbonyl (C=O) groups is 1. The number of hydrogen-bond donors (Lipinski definition) is 2. The van der Waals surface area contributed by atoms with E-state index in [4.69, 9.17) is 0 Å². The van der Waals surface area contributed by atoms with Crippen molar-refractivity contribution in [2.24, 2.45) is 0 Å². The Bertz CT molecular complexity index is 1070. The number of nitro groups is 1. The molecule has 2 N–H and O–H groups in total. The van der Waals surface area contributed by atoms with Crippen molar-refractivity contribution in [1.29, 1.82) is 0 Å². The largest absolute Gasteiger partial charge is 0.325 e. The average molecular weight is 428 g/mol. The molecule has 0 aliphatic carbocycles. The molecule has 29 heavy (non-hydrogen) atoms. The first-order chi connectivity index (χ1) is 14.0. The molecule has 0 aliphatic heterocycles. The summed E-state index contributed by atoms with van der Waals surface area (Å²) in [5, 5.41) is 13.7. The zero-order chi connectivity index (χ0) is 20.6. The van der Waals surface area contributed by atoms with E-state index >= 15 is 0 Å². The number of hydrogen-bond acceptors (Lipinski definition) is 7. The number of nitrogens with zero attached hydrogens (tertiary/aromatic N) is 2. The lowest BCUT2D eigenvalue weighted by Gasteiger charge is -2.06. The van der Waals surface area contributed by atoms with Gasteiger partial charge in [-0.05, 0) is 18.2 Å². The summed E-state index contributed by atoms with van der Waals surface area (Å²) in [5.74, 6) is 0.171. The SMILES string of the molecule is O=C(CSc1nc(CSc2ccccc2)cc(=O)[nH]1)Nc1cccc([N+](=O)[O-])c1. The summed E-state index contributed by atoms with van der Waals surface area (Å²) < 4.78 is 0. The van der Waals surface area contributed by atoms with Crippen molar-refractivity contribution >= 4 is 40.8 Å². The van der Waals surface area contributed by atoms with Crippen LogP contribution < -0.4 is 10.9 Å². The number of carbonyl (C=O) groups excluding carboxylic acids is 1. The predicted octanol–water partition coefficient (Wildman–Crippen LogP) is 3.70.